The van der Waals surface area contributed by atoms with Crippen molar-refractivity contribution < 1.29 is 23.1 Å². The van der Waals surface area contributed by atoms with E-state index in [-0.39, 0.29) is 11.6 Å². The predicted molar refractivity (Wildman–Crippen MR) is 75.5 cm³/mol. The number of carbonyl (C=O) groups excluding carboxylic acids is 1. The van der Waals surface area contributed by atoms with Gasteiger partial charge in [-0.25, -0.2) is 4.98 Å². The Morgan fingerprint density at radius 1 is 1.26 bits per heavy atom. The molecule has 2 N–H and O–H groups in total. The van der Waals surface area contributed by atoms with Gasteiger partial charge >= 0.3 is 6.18 Å². The second-order valence-electron chi connectivity index (χ2n) is 7.25. The highest BCUT2D eigenvalue weighted by Gasteiger charge is 2.61. The van der Waals surface area contributed by atoms with Gasteiger partial charge in [0.25, 0.3) is 0 Å². The number of pyridine rings is 1. The number of amides is 1. The summed E-state index contributed by atoms with van der Waals surface area (Å²) in [7, 11) is 0. The molecule has 1 aromatic rings. The van der Waals surface area contributed by atoms with Gasteiger partial charge < -0.3 is 10.4 Å². The fourth-order valence-corrected chi connectivity index (χ4v) is 5.12. The second kappa shape index (κ2) is 4.61. The lowest BCUT2D eigenvalue weighted by Crippen LogP contribution is -2.37. The molecule has 7 heteroatoms. The lowest BCUT2D eigenvalue weighted by molar-refractivity contribution is -0.138. The van der Waals surface area contributed by atoms with Crippen LogP contribution < -0.4 is 5.32 Å². The quantitative estimate of drug-likeness (QED) is 0.873. The zero-order chi connectivity index (χ0) is 16.4. The summed E-state index contributed by atoms with van der Waals surface area (Å²) in [6, 6.07) is 0.747. The summed E-state index contributed by atoms with van der Waals surface area (Å²) in [4.78, 5) is 16.1. The highest BCUT2D eigenvalue weighted by molar-refractivity contribution is 5.97. The van der Waals surface area contributed by atoms with Crippen molar-refractivity contribution in [3.05, 3.63) is 17.8 Å². The molecule has 1 aromatic heterocycles. The van der Waals surface area contributed by atoms with E-state index < -0.39 is 23.0 Å². The Hall–Kier alpha value is -1.79. The van der Waals surface area contributed by atoms with Crippen LogP contribution in [-0.4, -0.2) is 16.0 Å². The number of rotatable bonds is 2. The maximum atomic E-state index is 12.8. The van der Waals surface area contributed by atoms with Crippen LogP contribution in [0.25, 0.3) is 0 Å². The topological polar surface area (TPSA) is 62.2 Å². The van der Waals surface area contributed by atoms with E-state index >= 15 is 0 Å². The minimum Gasteiger partial charge on any atom is -0.492 e. The Kier molecular flexibility index (Phi) is 2.96. The average molecular weight is 326 g/mol. The van der Waals surface area contributed by atoms with Crippen molar-refractivity contribution in [1.29, 1.82) is 0 Å². The van der Waals surface area contributed by atoms with Crippen LogP contribution in [0.3, 0.4) is 0 Å². The van der Waals surface area contributed by atoms with E-state index in [9.17, 15) is 23.1 Å². The molecule has 4 aliphatic rings. The molecule has 0 radical (unpaired) electrons. The van der Waals surface area contributed by atoms with E-state index in [2.05, 4.69) is 10.3 Å². The van der Waals surface area contributed by atoms with Crippen LogP contribution in [-0.2, 0) is 11.0 Å². The van der Waals surface area contributed by atoms with Crippen molar-refractivity contribution in [1.82, 2.24) is 4.98 Å². The molecule has 23 heavy (non-hydrogen) atoms. The van der Waals surface area contributed by atoms with E-state index in [0.29, 0.717) is 24.0 Å². The van der Waals surface area contributed by atoms with E-state index in [1.54, 1.807) is 0 Å². The molecule has 5 rings (SSSR count). The lowest BCUT2D eigenvalue weighted by Gasteiger charge is -2.31. The third-order valence-corrected chi connectivity index (χ3v) is 5.88. The summed E-state index contributed by atoms with van der Waals surface area (Å²) in [5.41, 5.74) is -1.71. The minimum absolute atomic E-state index is 0.259. The lowest BCUT2D eigenvalue weighted by atomic mass is 9.75. The van der Waals surface area contributed by atoms with Crippen LogP contribution in [0.4, 0.5) is 18.9 Å². The molecule has 4 nitrogen and oxygen atoms in total. The van der Waals surface area contributed by atoms with Crippen LogP contribution in [0.1, 0.15) is 37.7 Å². The number of carbonyl (C=O) groups is 1. The average Bonchev–Trinajstić information content (AvgIpc) is 2.86. The van der Waals surface area contributed by atoms with Crippen LogP contribution in [0, 0.1) is 23.2 Å². The normalized spacial score (nSPS) is 34.8. The summed E-state index contributed by atoms with van der Waals surface area (Å²) >= 11 is 0. The highest BCUT2D eigenvalue weighted by atomic mass is 19.4. The molecular formula is C16H17F3N2O2. The first kappa shape index (κ1) is 14.8. The largest absolute Gasteiger partial charge is 0.492 e. The third-order valence-electron chi connectivity index (χ3n) is 5.88. The molecule has 0 aromatic carbocycles. The number of hydrogen-bond donors (Lipinski definition) is 2. The van der Waals surface area contributed by atoms with Crippen molar-refractivity contribution in [3.63, 3.8) is 0 Å². The first-order valence-corrected chi connectivity index (χ1v) is 7.85. The molecule has 4 saturated carbocycles. The molecular weight excluding hydrogens is 309 g/mol. The summed E-state index contributed by atoms with van der Waals surface area (Å²) in [5, 5.41) is 12.2. The highest BCUT2D eigenvalue weighted by Crippen LogP contribution is 2.65. The van der Waals surface area contributed by atoms with Gasteiger partial charge in [-0.3, -0.25) is 4.79 Å². The third kappa shape index (κ3) is 2.20. The monoisotopic (exact) mass is 326 g/mol. The molecule has 2 atom stereocenters. The minimum atomic E-state index is -4.57. The van der Waals surface area contributed by atoms with Crippen molar-refractivity contribution in [2.24, 2.45) is 23.2 Å². The van der Waals surface area contributed by atoms with Crippen molar-refractivity contribution in [2.75, 3.05) is 5.32 Å². The smallest absolute Gasteiger partial charge is 0.417 e. The molecule has 124 valence electrons. The zero-order valence-electron chi connectivity index (χ0n) is 12.4. The molecule has 1 amide bonds. The second-order valence-corrected chi connectivity index (χ2v) is 7.25. The van der Waals surface area contributed by atoms with Gasteiger partial charge in [-0.05, 0) is 55.9 Å². The Morgan fingerprint density at radius 2 is 1.91 bits per heavy atom. The number of anilines is 1. The van der Waals surface area contributed by atoms with Gasteiger partial charge in [0.05, 0.1) is 11.0 Å². The predicted octanol–water partition coefficient (Wildman–Crippen LogP) is 3.57. The van der Waals surface area contributed by atoms with Crippen molar-refractivity contribution in [2.45, 2.75) is 38.3 Å². The molecule has 4 aliphatic carbocycles. The fourth-order valence-electron chi connectivity index (χ4n) is 5.12. The number of hydrogen-bond acceptors (Lipinski definition) is 3. The van der Waals surface area contributed by atoms with Gasteiger partial charge in [0.15, 0.2) is 0 Å². The summed E-state index contributed by atoms with van der Waals surface area (Å²) in [6.07, 6.45) is 0.867. The molecule has 0 saturated heterocycles. The molecule has 2 unspecified atom stereocenters. The fraction of sp³-hybridized carbons (Fsp3) is 0.625. The summed E-state index contributed by atoms with van der Waals surface area (Å²) in [5.74, 6) is 0.606. The van der Waals surface area contributed by atoms with Crippen molar-refractivity contribution >= 4 is 11.6 Å². The first-order chi connectivity index (χ1) is 10.8. The van der Waals surface area contributed by atoms with E-state index in [1.807, 2.05) is 0 Å². The summed E-state index contributed by atoms with van der Waals surface area (Å²) < 4.78 is 38.3. The number of aromatic nitrogens is 1. The van der Waals surface area contributed by atoms with E-state index in [0.717, 1.165) is 31.7 Å². The first-order valence-electron chi connectivity index (χ1n) is 7.85. The van der Waals surface area contributed by atoms with Gasteiger partial charge in [-0.2, -0.15) is 13.2 Å². The summed E-state index contributed by atoms with van der Waals surface area (Å²) in [6.45, 7) is 0. The molecule has 0 spiro atoms. The molecule has 4 bridgehead atoms. The van der Waals surface area contributed by atoms with E-state index in [4.69, 9.17) is 0 Å². The number of nitrogens with zero attached hydrogens (tertiary/aromatic N) is 1. The van der Waals surface area contributed by atoms with Crippen LogP contribution in [0.5, 0.6) is 5.88 Å². The van der Waals surface area contributed by atoms with Crippen molar-refractivity contribution in [3.8, 4) is 5.88 Å². The zero-order valence-corrected chi connectivity index (χ0v) is 12.4. The Balaban J connectivity index is 1.60. The number of nitrogens with one attached hydrogen (secondary N) is 1. The van der Waals surface area contributed by atoms with Gasteiger partial charge in [0.2, 0.25) is 11.8 Å². The standard InChI is InChI=1S/C16H17F3N2O2/c17-16(18,19)11-4-12(13(22)20-7-11)21-14(23)15-5-8-1-9(6-15)3-10(15)2-8/h4,7-10H,1-3,5-6H2,(H,20,22)(H,21,23). The van der Waals surface area contributed by atoms with Crippen LogP contribution in [0.2, 0.25) is 0 Å². The van der Waals surface area contributed by atoms with Gasteiger partial charge in [-0.1, -0.05) is 0 Å². The maximum absolute atomic E-state index is 12.8. The number of alkyl halides is 3. The number of halogens is 3. The van der Waals surface area contributed by atoms with Gasteiger partial charge in [-0.15, -0.1) is 0 Å². The van der Waals surface area contributed by atoms with Crippen LogP contribution >= 0.6 is 0 Å². The Bertz CT molecular complexity index is 660. The Morgan fingerprint density at radius 3 is 2.52 bits per heavy atom. The van der Waals surface area contributed by atoms with Crippen LogP contribution in [0.15, 0.2) is 12.3 Å². The maximum Gasteiger partial charge on any atom is 0.417 e. The molecule has 4 fully saturated rings. The SMILES string of the molecule is O=C(Nc1cc(C(F)(F)F)cnc1O)C12CC3CC(CC1C3)C2. The van der Waals surface area contributed by atoms with Gasteiger partial charge in [0.1, 0.15) is 5.69 Å². The molecule has 1 heterocycles. The number of aromatic hydroxyl groups is 1. The Labute approximate surface area is 131 Å². The van der Waals surface area contributed by atoms with Gasteiger partial charge in [0, 0.05) is 6.20 Å². The molecule has 0 aliphatic heterocycles. The van der Waals surface area contributed by atoms with E-state index in [1.165, 1.54) is 6.42 Å².